The summed E-state index contributed by atoms with van der Waals surface area (Å²) < 4.78 is 33.1. The number of aryl methyl sites for hydroxylation is 1. The van der Waals surface area contributed by atoms with Gasteiger partial charge in [0.2, 0.25) is 5.78 Å². The first-order chi connectivity index (χ1) is 19.7. The molecule has 1 aliphatic rings. The summed E-state index contributed by atoms with van der Waals surface area (Å²) in [5.74, 6) is -1.59. The first-order valence-electron chi connectivity index (χ1n) is 14.0. The van der Waals surface area contributed by atoms with Crippen LogP contribution in [0.5, 0.6) is 0 Å². The fourth-order valence-electron chi connectivity index (χ4n) is 4.65. The van der Waals surface area contributed by atoms with Gasteiger partial charge in [0.1, 0.15) is 12.1 Å². The maximum atomic E-state index is 13.0. The third-order valence-electron chi connectivity index (χ3n) is 7.27. The number of Topliss-reactive ketones (excluding diaryl/α,β-unsaturated/α-hetero) is 1. The molecule has 2 aromatic rings. The number of benzene rings is 2. The van der Waals surface area contributed by atoms with Crippen LogP contribution >= 0.6 is 0 Å². The van der Waals surface area contributed by atoms with Gasteiger partial charge >= 0.3 is 12.1 Å². The summed E-state index contributed by atoms with van der Waals surface area (Å²) in [4.78, 5) is 52.8. The minimum atomic E-state index is -4.10. The maximum absolute atomic E-state index is 13.0. The zero-order valence-corrected chi connectivity index (χ0v) is 25.5. The summed E-state index contributed by atoms with van der Waals surface area (Å²) in [6.45, 7) is 9.14. The molecule has 0 aliphatic carbocycles. The van der Waals surface area contributed by atoms with Crippen LogP contribution in [0.25, 0.3) is 0 Å². The van der Waals surface area contributed by atoms with E-state index in [0.29, 0.717) is 6.42 Å². The van der Waals surface area contributed by atoms with E-state index in [1.807, 2.05) is 44.2 Å². The van der Waals surface area contributed by atoms with Crippen molar-refractivity contribution in [1.29, 1.82) is 0 Å². The molecular formula is C30H40N4O7S. The van der Waals surface area contributed by atoms with Crippen molar-refractivity contribution in [3.05, 3.63) is 65.7 Å². The average molecular weight is 601 g/mol. The van der Waals surface area contributed by atoms with Crippen molar-refractivity contribution < 1.29 is 32.3 Å². The van der Waals surface area contributed by atoms with E-state index in [9.17, 15) is 27.6 Å². The average Bonchev–Trinajstić information content (AvgIpc) is 3.24. The predicted molar refractivity (Wildman–Crippen MR) is 157 cm³/mol. The number of amides is 4. The van der Waals surface area contributed by atoms with Crippen molar-refractivity contribution in [1.82, 2.24) is 20.3 Å². The predicted octanol–water partition coefficient (Wildman–Crippen LogP) is 3.84. The molecule has 1 unspecified atom stereocenters. The second kappa shape index (κ2) is 13.8. The topological polar surface area (TPSA) is 151 Å². The molecule has 0 bridgehead atoms. The van der Waals surface area contributed by atoms with Crippen LogP contribution in [0.2, 0.25) is 0 Å². The number of urea groups is 1. The molecule has 3 rings (SSSR count). The van der Waals surface area contributed by atoms with Crippen LogP contribution in [0.4, 0.5) is 9.59 Å². The summed E-state index contributed by atoms with van der Waals surface area (Å²) in [7, 11) is -4.10. The van der Waals surface area contributed by atoms with Crippen molar-refractivity contribution >= 4 is 33.8 Å². The van der Waals surface area contributed by atoms with E-state index in [0.717, 1.165) is 17.5 Å². The molecule has 0 spiro atoms. The van der Waals surface area contributed by atoms with Crippen LogP contribution in [-0.2, 0) is 24.3 Å². The van der Waals surface area contributed by atoms with Gasteiger partial charge in [-0.2, -0.15) is 0 Å². The fourth-order valence-corrected chi connectivity index (χ4v) is 5.62. The summed E-state index contributed by atoms with van der Waals surface area (Å²) in [5, 5.41) is 5.21. The van der Waals surface area contributed by atoms with Gasteiger partial charge in [-0.1, -0.05) is 81.6 Å². The molecule has 3 N–H and O–H groups in total. The zero-order valence-electron chi connectivity index (χ0n) is 24.7. The smallest absolute Gasteiger partial charge is 0.408 e. The number of alkyl carbamates (subject to hydrolysis) is 1. The molecular weight excluding hydrogens is 560 g/mol. The van der Waals surface area contributed by atoms with E-state index in [1.54, 1.807) is 32.9 Å². The number of sulfonamides is 1. The van der Waals surface area contributed by atoms with Crippen molar-refractivity contribution in [2.45, 2.75) is 77.0 Å². The normalized spacial score (nSPS) is 17.5. The maximum Gasteiger partial charge on any atom is 0.408 e. The van der Waals surface area contributed by atoms with E-state index in [4.69, 9.17) is 4.74 Å². The minimum absolute atomic E-state index is 0.0444. The van der Waals surface area contributed by atoms with Gasteiger partial charge in [-0.15, -0.1) is 0 Å². The van der Waals surface area contributed by atoms with Crippen molar-refractivity contribution in [3.63, 3.8) is 0 Å². The van der Waals surface area contributed by atoms with Crippen molar-refractivity contribution in [2.24, 2.45) is 5.41 Å². The van der Waals surface area contributed by atoms with Crippen molar-refractivity contribution in [3.8, 4) is 0 Å². The Hall–Kier alpha value is -3.93. The largest absolute Gasteiger partial charge is 0.444 e. The van der Waals surface area contributed by atoms with E-state index >= 15 is 0 Å². The molecule has 0 radical (unpaired) electrons. The number of carbonyl (C=O) groups is 4. The van der Waals surface area contributed by atoms with Gasteiger partial charge in [0, 0.05) is 12.0 Å². The van der Waals surface area contributed by atoms with E-state index < -0.39 is 57.4 Å². The Labute approximate surface area is 247 Å². The molecule has 4 amide bonds. The SMILES string of the molecule is CCCC[C@H](NC(=O)OC1CN(C(=O)NS(=O)(=O)c2ccc(C)cc2)CC1(C)C)C(=O)C(=O)N[C@H](C)c1ccccc1. The highest BCUT2D eigenvalue weighted by Crippen LogP contribution is 2.32. The lowest BCUT2D eigenvalue weighted by Gasteiger charge is -2.26. The Morgan fingerprint density at radius 2 is 1.67 bits per heavy atom. The van der Waals surface area contributed by atoms with Gasteiger partial charge in [0.15, 0.2) is 0 Å². The first kappa shape index (κ1) is 32.6. The van der Waals surface area contributed by atoms with Crippen molar-refractivity contribution in [2.75, 3.05) is 13.1 Å². The van der Waals surface area contributed by atoms with Crippen LogP contribution in [0, 0.1) is 12.3 Å². The van der Waals surface area contributed by atoms with Gasteiger partial charge in [-0.3, -0.25) is 9.59 Å². The number of carbonyl (C=O) groups excluding carboxylic acids is 4. The molecule has 1 heterocycles. The lowest BCUT2D eigenvalue weighted by molar-refractivity contribution is -0.139. The molecule has 12 heteroatoms. The molecule has 1 aliphatic heterocycles. The minimum Gasteiger partial charge on any atom is -0.444 e. The highest BCUT2D eigenvalue weighted by atomic mass is 32.2. The fraction of sp³-hybridized carbons (Fsp3) is 0.467. The highest BCUT2D eigenvalue weighted by Gasteiger charge is 2.45. The van der Waals surface area contributed by atoms with Crippen LogP contribution in [-0.4, -0.2) is 62.4 Å². The molecule has 228 valence electrons. The lowest BCUT2D eigenvalue weighted by Crippen LogP contribution is -2.49. The second-order valence-corrected chi connectivity index (χ2v) is 13.0. The Balaban J connectivity index is 1.61. The summed E-state index contributed by atoms with van der Waals surface area (Å²) in [5.41, 5.74) is 0.994. The van der Waals surface area contributed by atoms with Crippen LogP contribution in [0.15, 0.2) is 59.5 Å². The number of nitrogens with zero attached hydrogens (tertiary/aromatic N) is 1. The molecule has 2 aromatic carbocycles. The Bertz CT molecular complexity index is 1380. The monoisotopic (exact) mass is 600 g/mol. The molecule has 42 heavy (non-hydrogen) atoms. The number of ether oxygens (including phenoxy) is 1. The summed E-state index contributed by atoms with van der Waals surface area (Å²) in [6.07, 6.45) is -0.110. The molecule has 0 aromatic heterocycles. The molecule has 11 nitrogen and oxygen atoms in total. The number of ketones is 1. The number of nitrogens with one attached hydrogen (secondary N) is 3. The highest BCUT2D eigenvalue weighted by molar-refractivity contribution is 7.90. The lowest BCUT2D eigenvalue weighted by atomic mass is 9.90. The zero-order chi connectivity index (χ0) is 31.1. The number of hydrogen-bond donors (Lipinski definition) is 3. The Morgan fingerprint density at radius 1 is 1.02 bits per heavy atom. The summed E-state index contributed by atoms with van der Waals surface area (Å²) in [6, 6.07) is 12.9. The van der Waals surface area contributed by atoms with Gasteiger partial charge < -0.3 is 20.3 Å². The number of hydrogen-bond acceptors (Lipinski definition) is 7. The second-order valence-electron chi connectivity index (χ2n) is 11.3. The third kappa shape index (κ3) is 8.54. The number of rotatable bonds is 11. The van der Waals surface area contributed by atoms with Gasteiger partial charge in [-0.05, 0) is 38.0 Å². The molecule has 1 saturated heterocycles. The molecule has 3 atom stereocenters. The van der Waals surface area contributed by atoms with Crippen LogP contribution in [0.1, 0.15) is 64.1 Å². The van der Waals surface area contributed by atoms with E-state index in [1.165, 1.54) is 17.0 Å². The Morgan fingerprint density at radius 3 is 2.29 bits per heavy atom. The van der Waals surface area contributed by atoms with E-state index in [2.05, 4.69) is 15.4 Å². The third-order valence-corrected chi connectivity index (χ3v) is 8.61. The molecule has 1 fully saturated rings. The van der Waals surface area contributed by atoms with E-state index in [-0.39, 0.29) is 24.4 Å². The number of likely N-dealkylation sites (tertiary alicyclic amines) is 1. The summed E-state index contributed by atoms with van der Waals surface area (Å²) >= 11 is 0. The first-order valence-corrected chi connectivity index (χ1v) is 15.5. The van der Waals surface area contributed by atoms with Gasteiger partial charge in [-0.25, -0.2) is 22.7 Å². The Kier molecular flexibility index (Phi) is 10.7. The van der Waals surface area contributed by atoms with Crippen LogP contribution in [0.3, 0.4) is 0 Å². The standard InChI is InChI=1S/C30H40N4O7S/c1-6-7-13-24(26(35)27(36)31-21(3)22-11-9-8-10-12-22)32-29(38)41-25-18-34(19-30(25,4)5)28(37)33-42(39,40)23-16-14-20(2)15-17-23/h8-12,14-17,21,24-25H,6-7,13,18-19H2,1-5H3,(H,31,36)(H,32,38)(H,33,37)/t21-,24+,25?/m1/s1. The molecule has 0 saturated carbocycles. The van der Waals surface area contributed by atoms with Gasteiger partial charge in [0.05, 0.1) is 17.5 Å². The quantitative estimate of drug-likeness (QED) is 0.332. The van der Waals surface area contributed by atoms with Gasteiger partial charge in [0.25, 0.3) is 15.9 Å². The number of unbranched alkanes of at least 4 members (excludes halogenated alkanes) is 1. The van der Waals surface area contributed by atoms with Crippen LogP contribution < -0.4 is 15.4 Å².